The normalized spacial score (nSPS) is 14.4. The third kappa shape index (κ3) is 2.87. The van der Waals surface area contributed by atoms with E-state index in [-0.39, 0.29) is 11.6 Å². The maximum Gasteiger partial charge on any atom is 0.139 e. The van der Waals surface area contributed by atoms with Gasteiger partial charge in [0.05, 0.1) is 5.88 Å². The highest BCUT2D eigenvalue weighted by molar-refractivity contribution is 6.30. The Balaban J connectivity index is 2.22. The summed E-state index contributed by atoms with van der Waals surface area (Å²) >= 11 is 11.3. The number of hydrogen-bond donors (Lipinski definition) is 2. The molecule has 0 fully saturated rings. The lowest BCUT2D eigenvalue weighted by molar-refractivity contribution is 0.0193. The molecule has 2 aromatic rings. The lowest BCUT2D eigenvalue weighted by Crippen LogP contribution is -2.19. The molecular weight excluding hydrogens is 275 g/mol. The Kier molecular flexibility index (Phi) is 4.30. The second kappa shape index (κ2) is 5.76. The van der Waals surface area contributed by atoms with Crippen LogP contribution >= 0.6 is 23.2 Å². The number of hydrogen-bond acceptors (Lipinski definition) is 3. The zero-order chi connectivity index (χ0) is 13.1. The lowest BCUT2D eigenvalue weighted by atomic mass is 10.1. The third-order valence-corrected chi connectivity index (χ3v) is 3.14. The first-order valence-electron chi connectivity index (χ1n) is 5.39. The fraction of sp³-hybridized carbons (Fsp3) is 0.231. The zero-order valence-electron chi connectivity index (χ0n) is 9.38. The van der Waals surface area contributed by atoms with E-state index in [2.05, 4.69) is 0 Å². The summed E-state index contributed by atoms with van der Waals surface area (Å²) in [6.45, 7) is 0. The number of alkyl halides is 1. The Morgan fingerprint density at radius 2 is 1.72 bits per heavy atom. The molecule has 0 spiro atoms. The number of benzene rings is 1. The molecule has 1 aromatic carbocycles. The number of furan rings is 1. The number of halogens is 2. The predicted octanol–water partition coefficient (Wildman–Crippen LogP) is 3.23. The van der Waals surface area contributed by atoms with Crippen LogP contribution in [0.5, 0.6) is 0 Å². The highest BCUT2D eigenvalue weighted by Crippen LogP contribution is 2.27. The Bertz CT molecular complexity index is 507. The largest absolute Gasteiger partial charge is 0.458 e. The summed E-state index contributed by atoms with van der Waals surface area (Å²) in [6, 6.07) is 10.5. The maximum atomic E-state index is 9.74. The molecular formula is C13H12Cl2O3. The van der Waals surface area contributed by atoms with Gasteiger partial charge in [0.1, 0.15) is 23.7 Å². The van der Waals surface area contributed by atoms with Crippen LogP contribution in [-0.2, 0) is 0 Å². The zero-order valence-corrected chi connectivity index (χ0v) is 10.9. The fourth-order valence-corrected chi connectivity index (χ4v) is 1.85. The van der Waals surface area contributed by atoms with Crippen molar-refractivity contribution in [3.05, 3.63) is 47.2 Å². The van der Waals surface area contributed by atoms with E-state index in [0.717, 1.165) is 5.56 Å². The molecule has 0 radical (unpaired) electrons. The minimum Gasteiger partial charge on any atom is -0.458 e. The molecule has 0 saturated heterocycles. The summed E-state index contributed by atoms with van der Waals surface area (Å²) in [5.41, 5.74) is 0.846. The van der Waals surface area contributed by atoms with E-state index in [9.17, 15) is 10.2 Å². The standard InChI is InChI=1S/C13H12Cl2O3/c14-7-10(16)13(17)12-6-5-11(18-12)8-1-3-9(15)4-2-8/h1-6,10,13,16-17H,7H2. The van der Waals surface area contributed by atoms with Crippen LogP contribution in [0, 0.1) is 0 Å². The monoisotopic (exact) mass is 286 g/mol. The van der Waals surface area contributed by atoms with E-state index >= 15 is 0 Å². The van der Waals surface area contributed by atoms with Gasteiger partial charge in [0.15, 0.2) is 0 Å². The van der Waals surface area contributed by atoms with Crippen LogP contribution in [-0.4, -0.2) is 22.2 Å². The van der Waals surface area contributed by atoms with Gasteiger partial charge in [-0.1, -0.05) is 11.6 Å². The first-order chi connectivity index (χ1) is 8.61. The molecule has 18 heavy (non-hydrogen) atoms. The average Bonchev–Trinajstić information content (AvgIpc) is 2.87. The number of aliphatic hydroxyl groups is 2. The van der Waals surface area contributed by atoms with Gasteiger partial charge in [0, 0.05) is 10.6 Å². The minimum absolute atomic E-state index is 0.0574. The van der Waals surface area contributed by atoms with Gasteiger partial charge in [0.2, 0.25) is 0 Å². The second-order valence-corrected chi connectivity index (χ2v) is 4.62. The van der Waals surface area contributed by atoms with Crippen molar-refractivity contribution in [1.82, 2.24) is 0 Å². The van der Waals surface area contributed by atoms with Crippen LogP contribution in [0.25, 0.3) is 11.3 Å². The minimum atomic E-state index is -1.12. The molecule has 1 aromatic heterocycles. The van der Waals surface area contributed by atoms with Gasteiger partial charge in [0.25, 0.3) is 0 Å². The molecule has 2 atom stereocenters. The van der Waals surface area contributed by atoms with Crippen LogP contribution in [0.1, 0.15) is 11.9 Å². The summed E-state index contributed by atoms with van der Waals surface area (Å²) in [5, 5.41) is 19.8. The molecule has 2 N–H and O–H groups in total. The molecule has 0 saturated carbocycles. The van der Waals surface area contributed by atoms with Crippen molar-refractivity contribution in [2.45, 2.75) is 12.2 Å². The SMILES string of the molecule is OC(CCl)C(O)c1ccc(-c2ccc(Cl)cc2)o1. The smallest absolute Gasteiger partial charge is 0.139 e. The molecule has 5 heteroatoms. The van der Waals surface area contributed by atoms with Crippen LogP contribution in [0.4, 0.5) is 0 Å². The summed E-state index contributed by atoms with van der Waals surface area (Å²) in [5.74, 6) is 0.827. The molecule has 96 valence electrons. The Morgan fingerprint density at radius 3 is 2.33 bits per heavy atom. The molecule has 0 aliphatic carbocycles. The van der Waals surface area contributed by atoms with Gasteiger partial charge in [-0.2, -0.15) is 0 Å². The van der Waals surface area contributed by atoms with Crippen molar-refractivity contribution in [2.75, 3.05) is 5.88 Å². The molecule has 0 aliphatic heterocycles. The molecule has 0 amide bonds. The third-order valence-electron chi connectivity index (χ3n) is 2.57. The van der Waals surface area contributed by atoms with E-state index in [1.54, 1.807) is 24.3 Å². The van der Waals surface area contributed by atoms with Crippen molar-refractivity contribution in [1.29, 1.82) is 0 Å². The summed E-state index contributed by atoms with van der Waals surface area (Å²) in [4.78, 5) is 0. The highest BCUT2D eigenvalue weighted by atomic mass is 35.5. The van der Waals surface area contributed by atoms with Gasteiger partial charge in [-0.3, -0.25) is 0 Å². The van der Waals surface area contributed by atoms with E-state index < -0.39 is 12.2 Å². The first kappa shape index (κ1) is 13.4. The van der Waals surface area contributed by atoms with E-state index in [0.29, 0.717) is 10.8 Å². The Hall–Kier alpha value is -1.00. The van der Waals surface area contributed by atoms with Crippen molar-refractivity contribution < 1.29 is 14.6 Å². The van der Waals surface area contributed by atoms with E-state index in [1.807, 2.05) is 12.1 Å². The van der Waals surface area contributed by atoms with E-state index in [4.69, 9.17) is 27.6 Å². The Labute approximate surface area is 115 Å². The van der Waals surface area contributed by atoms with Crippen LogP contribution in [0.2, 0.25) is 5.02 Å². The maximum absolute atomic E-state index is 9.74. The number of aliphatic hydroxyl groups excluding tert-OH is 2. The predicted molar refractivity (Wildman–Crippen MR) is 70.8 cm³/mol. The van der Waals surface area contributed by atoms with Gasteiger partial charge in [-0.15, -0.1) is 11.6 Å². The number of rotatable bonds is 4. The summed E-state index contributed by atoms with van der Waals surface area (Å²) < 4.78 is 5.48. The molecule has 1 heterocycles. The van der Waals surface area contributed by atoms with Gasteiger partial charge < -0.3 is 14.6 Å². The van der Waals surface area contributed by atoms with Crippen molar-refractivity contribution in [2.24, 2.45) is 0 Å². The quantitative estimate of drug-likeness (QED) is 0.849. The van der Waals surface area contributed by atoms with Crippen molar-refractivity contribution in [3.63, 3.8) is 0 Å². The van der Waals surface area contributed by atoms with Crippen LogP contribution in [0.3, 0.4) is 0 Å². The lowest BCUT2D eigenvalue weighted by Gasteiger charge is -2.12. The summed E-state index contributed by atoms with van der Waals surface area (Å²) in [6.07, 6.45) is -2.17. The average molecular weight is 287 g/mol. The Morgan fingerprint density at radius 1 is 1.06 bits per heavy atom. The molecule has 2 unspecified atom stereocenters. The molecule has 2 rings (SSSR count). The van der Waals surface area contributed by atoms with E-state index in [1.165, 1.54) is 0 Å². The fourth-order valence-electron chi connectivity index (χ4n) is 1.56. The molecule has 3 nitrogen and oxygen atoms in total. The topological polar surface area (TPSA) is 53.6 Å². The first-order valence-corrected chi connectivity index (χ1v) is 6.31. The van der Waals surface area contributed by atoms with Crippen LogP contribution < -0.4 is 0 Å². The van der Waals surface area contributed by atoms with Crippen molar-refractivity contribution in [3.8, 4) is 11.3 Å². The summed E-state index contributed by atoms with van der Waals surface area (Å²) in [7, 11) is 0. The van der Waals surface area contributed by atoms with Crippen LogP contribution in [0.15, 0.2) is 40.8 Å². The van der Waals surface area contributed by atoms with Gasteiger partial charge in [-0.05, 0) is 36.4 Å². The molecule has 0 bridgehead atoms. The van der Waals surface area contributed by atoms with Gasteiger partial charge in [-0.25, -0.2) is 0 Å². The van der Waals surface area contributed by atoms with Gasteiger partial charge >= 0.3 is 0 Å². The highest BCUT2D eigenvalue weighted by Gasteiger charge is 2.21. The van der Waals surface area contributed by atoms with Crippen molar-refractivity contribution >= 4 is 23.2 Å². The molecule has 0 aliphatic rings. The second-order valence-electron chi connectivity index (χ2n) is 3.88.